The second-order valence-corrected chi connectivity index (χ2v) is 11.2. The molecule has 0 spiro atoms. The average Bonchev–Trinajstić information content (AvgIpc) is 3.67. The number of fused-ring (bicyclic) bond motifs is 1. The van der Waals surface area contributed by atoms with E-state index in [9.17, 15) is 13.4 Å². The van der Waals surface area contributed by atoms with E-state index < -0.39 is 10.8 Å². The van der Waals surface area contributed by atoms with Crippen LogP contribution in [-0.4, -0.2) is 42.4 Å². The van der Waals surface area contributed by atoms with Crippen molar-refractivity contribution >= 4 is 28.1 Å². The second-order valence-electron chi connectivity index (χ2n) is 9.16. The summed E-state index contributed by atoms with van der Waals surface area (Å²) in [6, 6.07) is 11.1. The Morgan fingerprint density at radius 2 is 1.97 bits per heavy atom. The molecule has 2 aromatic carbocycles. The fourth-order valence-corrected chi connectivity index (χ4v) is 3.85. The minimum atomic E-state index is -0.988. The molecule has 1 saturated carbocycles. The summed E-state index contributed by atoms with van der Waals surface area (Å²) in [7, 11) is -0.988. The van der Waals surface area contributed by atoms with E-state index >= 15 is 0 Å². The van der Waals surface area contributed by atoms with Crippen LogP contribution in [0, 0.1) is 5.82 Å². The zero-order chi connectivity index (χ0) is 25.6. The fraction of sp³-hybridized carbons (Fsp3) is 0.400. The molecule has 0 aliphatic heterocycles. The van der Waals surface area contributed by atoms with Crippen molar-refractivity contribution in [2.24, 2.45) is 0 Å². The molecule has 1 fully saturated rings. The number of hydrogen-bond acceptors (Lipinski definition) is 6. The number of aromatic nitrogens is 2. The molecule has 10 heteroatoms. The first-order chi connectivity index (χ1) is 16.7. The first-order valence-electron chi connectivity index (χ1n) is 11.3. The number of rotatable bonds is 9. The van der Waals surface area contributed by atoms with E-state index in [-0.39, 0.29) is 22.5 Å². The highest BCUT2D eigenvalue weighted by atomic mass is 32.2. The molecule has 1 aliphatic rings. The Balaban J connectivity index is 0.000000795. The van der Waals surface area contributed by atoms with E-state index in [4.69, 9.17) is 10.0 Å². The molecule has 0 bridgehead atoms. The SMILES string of the molecule is CS(=O)C(C)(C)CCn1cnc2cc(-c3ccc(CNC4CC4)cc3F)ccc2c1=O.O=CNO. The quantitative estimate of drug-likeness (QED) is 0.235. The fourth-order valence-electron chi connectivity index (χ4n) is 3.47. The maximum atomic E-state index is 14.8. The summed E-state index contributed by atoms with van der Waals surface area (Å²) in [6.07, 6.45) is 6.38. The summed E-state index contributed by atoms with van der Waals surface area (Å²) in [5, 5.41) is 11.1. The van der Waals surface area contributed by atoms with Crippen molar-refractivity contribution < 1.29 is 18.6 Å². The molecule has 0 radical (unpaired) electrons. The summed E-state index contributed by atoms with van der Waals surface area (Å²) in [5.41, 5.74) is 3.76. The number of nitrogens with one attached hydrogen (secondary N) is 2. The Kier molecular flexibility index (Phi) is 8.87. The van der Waals surface area contributed by atoms with Crippen molar-refractivity contribution in [2.45, 2.75) is 57.0 Å². The van der Waals surface area contributed by atoms with Crippen LogP contribution in [0.3, 0.4) is 0 Å². The Hall–Kier alpha value is -2.95. The van der Waals surface area contributed by atoms with Crippen LogP contribution in [0.15, 0.2) is 47.5 Å². The van der Waals surface area contributed by atoms with Crippen LogP contribution in [0.5, 0.6) is 0 Å². The van der Waals surface area contributed by atoms with Gasteiger partial charge in [-0.1, -0.05) is 18.2 Å². The molecule has 188 valence electrons. The number of carbonyl (C=O) groups is 1. The normalized spacial score (nSPS) is 14.2. The predicted octanol–water partition coefficient (Wildman–Crippen LogP) is 3.12. The molecule has 1 aliphatic carbocycles. The van der Waals surface area contributed by atoms with E-state index in [1.165, 1.54) is 24.6 Å². The zero-order valence-electron chi connectivity index (χ0n) is 20.1. The molecule has 1 heterocycles. The number of amides is 1. The number of hydroxylamine groups is 1. The molecule has 0 saturated heterocycles. The zero-order valence-corrected chi connectivity index (χ0v) is 20.9. The molecule has 3 aromatic rings. The van der Waals surface area contributed by atoms with Gasteiger partial charge >= 0.3 is 0 Å². The van der Waals surface area contributed by atoms with Gasteiger partial charge in [0.05, 0.1) is 17.2 Å². The van der Waals surface area contributed by atoms with Crippen LogP contribution in [0.1, 0.15) is 38.7 Å². The Labute approximate surface area is 206 Å². The number of halogens is 1. The highest BCUT2D eigenvalue weighted by Gasteiger charge is 2.23. The molecule has 1 aromatic heterocycles. The topological polar surface area (TPSA) is 113 Å². The second kappa shape index (κ2) is 11.7. The van der Waals surface area contributed by atoms with Gasteiger partial charge in [0.1, 0.15) is 5.82 Å². The minimum Gasteiger partial charge on any atom is -0.310 e. The Morgan fingerprint density at radius 1 is 1.26 bits per heavy atom. The first-order valence-corrected chi connectivity index (χ1v) is 12.9. The van der Waals surface area contributed by atoms with Gasteiger partial charge < -0.3 is 5.32 Å². The third kappa shape index (κ3) is 7.03. The lowest BCUT2D eigenvalue weighted by Crippen LogP contribution is -2.30. The molecular weight excluding hydrogens is 471 g/mol. The summed E-state index contributed by atoms with van der Waals surface area (Å²) < 4.78 is 27.8. The van der Waals surface area contributed by atoms with Crippen molar-refractivity contribution in [1.82, 2.24) is 20.3 Å². The smallest absolute Gasteiger partial charge is 0.261 e. The number of hydrogen-bond donors (Lipinski definition) is 3. The van der Waals surface area contributed by atoms with Gasteiger partial charge in [-0.2, -0.15) is 0 Å². The van der Waals surface area contributed by atoms with Gasteiger partial charge in [0, 0.05) is 46.5 Å². The van der Waals surface area contributed by atoms with Crippen LogP contribution in [0.2, 0.25) is 0 Å². The third-order valence-electron chi connectivity index (χ3n) is 6.13. The van der Waals surface area contributed by atoms with E-state index in [0.717, 1.165) is 5.56 Å². The van der Waals surface area contributed by atoms with Gasteiger partial charge in [0.15, 0.2) is 0 Å². The summed E-state index contributed by atoms with van der Waals surface area (Å²) in [4.78, 5) is 26.1. The lowest BCUT2D eigenvalue weighted by Gasteiger charge is -2.21. The maximum Gasteiger partial charge on any atom is 0.261 e. The van der Waals surface area contributed by atoms with E-state index in [0.29, 0.717) is 47.6 Å². The minimum absolute atomic E-state index is 0.142. The summed E-state index contributed by atoms with van der Waals surface area (Å²) in [5.74, 6) is -0.280. The van der Waals surface area contributed by atoms with Crippen LogP contribution in [-0.2, 0) is 28.7 Å². The van der Waals surface area contributed by atoms with Crippen molar-refractivity contribution in [3.8, 4) is 11.1 Å². The molecule has 1 unspecified atom stereocenters. The van der Waals surface area contributed by atoms with Gasteiger partial charge in [-0.25, -0.2) is 14.9 Å². The average molecular weight is 503 g/mol. The lowest BCUT2D eigenvalue weighted by atomic mass is 10.0. The number of nitrogens with zero attached hydrogens (tertiary/aromatic N) is 2. The molecule has 3 N–H and O–H groups in total. The maximum absolute atomic E-state index is 14.8. The number of carbonyl (C=O) groups excluding carboxylic acids is 1. The first kappa shape index (κ1) is 26.7. The van der Waals surface area contributed by atoms with E-state index in [1.54, 1.807) is 41.2 Å². The Bertz CT molecular complexity index is 1270. The molecular formula is C25H31FN4O4S. The molecule has 35 heavy (non-hydrogen) atoms. The van der Waals surface area contributed by atoms with Crippen LogP contribution in [0.4, 0.5) is 4.39 Å². The standard InChI is InChI=1S/C24H28FN3O2S.CH3NO2/c1-24(2,31(3)30)10-11-28-15-27-22-13-17(5-9-20(22)23(28)29)19-8-4-16(12-21(19)25)14-26-18-6-7-18;3-1-2-4/h4-5,8-9,12-13,15,18,26H,6-7,10-11,14H2,1-3H3;1,4H,(H,2,3). The van der Waals surface area contributed by atoms with Crippen molar-refractivity contribution in [1.29, 1.82) is 0 Å². The van der Waals surface area contributed by atoms with Gasteiger partial charge in [-0.05, 0) is 62.4 Å². The van der Waals surface area contributed by atoms with Gasteiger partial charge in [0.25, 0.3) is 5.56 Å². The summed E-state index contributed by atoms with van der Waals surface area (Å²) in [6.45, 7) is 4.97. The molecule has 8 nitrogen and oxygen atoms in total. The van der Waals surface area contributed by atoms with Crippen molar-refractivity contribution in [2.75, 3.05) is 6.26 Å². The van der Waals surface area contributed by atoms with Gasteiger partial charge in [0.2, 0.25) is 6.41 Å². The van der Waals surface area contributed by atoms with E-state index in [1.807, 2.05) is 19.9 Å². The highest BCUT2D eigenvalue weighted by molar-refractivity contribution is 7.85. The van der Waals surface area contributed by atoms with Gasteiger partial charge in [-0.3, -0.25) is 23.6 Å². The molecule has 1 atom stereocenters. The monoisotopic (exact) mass is 502 g/mol. The van der Waals surface area contributed by atoms with Crippen molar-refractivity contribution in [3.05, 3.63) is 64.5 Å². The van der Waals surface area contributed by atoms with Crippen LogP contribution in [0.25, 0.3) is 22.0 Å². The van der Waals surface area contributed by atoms with E-state index in [2.05, 4.69) is 10.3 Å². The number of benzene rings is 2. The molecule has 4 rings (SSSR count). The largest absolute Gasteiger partial charge is 0.310 e. The predicted molar refractivity (Wildman–Crippen MR) is 135 cm³/mol. The number of aryl methyl sites for hydroxylation is 1. The van der Waals surface area contributed by atoms with Crippen LogP contribution >= 0.6 is 0 Å². The Morgan fingerprint density at radius 3 is 2.57 bits per heavy atom. The van der Waals surface area contributed by atoms with Crippen LogP contribution < -0.4 is 16.4 Å². The third-order valence-corrected chi connectivity index (χ3v) is 7.89. The summed E-state index contributed by atoms with van der Waals surface area (Å²) >= 11 is 0. The molecule has 1 amide bonds. The van der Waals surface area contributed by atoms with Gasteiger partial charge in [-0.15, -0.1) is 0 Å². The highest BCUT2D eigenvalue weighted by Crippen LogP contribution is 2.26. The lowest BCUT2D eigenvalue weighted by molar-refractivity contribution is -0.116. The van der Waals surface area contributed by atoms with Crippen molar-refractivity contribution in [3.63, 3.8) is 0 Å².